The maximum absolute atomic E-state index is 10.9. The van der Waals surface area contributed by atoms with Crippen molar-refractivity contribution in [1.29, 1.82) is 0 Å². The Bertz CT molecular complexity index is 449. The predicted molar refractivity (Wildman–Crippen MR) is 76.9 cm³/mol. The van der Waals surface area contributed by atoms with Crippen molar-refractivity contribution >= 4 is 5.69 Å². The fourth-order valence-electron chi connectivity index (χ4n) is 1.90. The molecule has 1 aromatic rings. The zero-order valence-electron chi connectivity index (χ0n) is 12.2. The summed E-state index contributed by atoms with van der Waals surface area (Å²) >= 11 is 0. The number of aliphatic hydroxyl groups excluding tert-OH is 1. The van der Waals surface area contributed by atoms with Crippen LogP contribution in [0.2, 0.25) is 0 Å². The third kappa shape index (κ3) is 4.79. The molecular formula is C14H22N2O4. The van der Waals surface area contributed by atoms with Crippen LogP contribution in [0.15, 0.2) is 18.2 Å². The molecule has 6 nitrogen and oxygen atoms in total. The quantitative estimate of drug-likeness (QED) is 0.584. The van der Waals surface area contributed by atoms with Crippen LogP contribution in [-0.2, 0) is 6.54 Å². The molecule has 1 N–H and O–H groups in total. The van der Waals surface area contributed by atoms with E-state index in [2.05, 4.69) is 0 Å². The minimum atomic E-state index is -0.412. The summed E-state index contributed by atoms with van der Waals surface area (Å²) in [7, 11) is 0. The van der Waals surface area contributed by atoms with Crippen LogP contribution >= 0.6 is 0 Å². The molecule has 0 atom stereocenters. The number of hydrogen-bond donors (Lipinski definition) is 1. The molecule has 0 fully saturated rings. The summed E-state index contributed by atoms with van der Waals surface area (Å²) in [5.41, 5.74) is 0.819. The monoisotopic (exact) mass is 282 g/mol. The largest absolute Gasteiger partial charge is 0.491 e. The molecule has 0 amide bonds. The highest BCUT2D eigenvalue weighted by Crippen LogP contribution is 2.26. The fraction of sp³-hybridized carbons (Fsp3) is 0.571. The lowest BCUT2D eigenvalue weighted by atomic mass is 10.1. The summed E-state index contributed by atoms with van der Waals surface area (Å²) in [4.78, 5) is 12.5. The van der Waals surface area contributed by atoms with Gasteiger partial charge in [-0.1, -0.05) is 6.92 Å². The van der Waals surface area contributed by atoms with Crippen molar-refractivity contribution in [3.63, 3.8) is 0 Å². The van der Waals surface area contributed by atoms with Crippen molar-refractivity contribution in [2.24, 2.45) is 0 Å². The van der Waals surface area contributed by atoms with Gasteiger partial charge in [0, 0.05) is 30.8 Å². The van der Waals surface area contributed by atoms with Crippen LogP contribution in [0.25, 0.3) is 0 Å². The second kappa shape index (κ2) is 7.81. The van der Waals surface area contributed by atoms with Crippen molar-refractivity contribution in [2.75, 3.05) is 19.7 Å². The Morgan fingerprint density at radius 2 is 2.15 bits per heavy atom. The Hall–Kier alpha value is -1.66. The molecule has 0 aliphatic rings. The smallest absolute Gasteiger partial charge is 0.270 e. The number of hydrogen-bond acceptors (Lipinski definition) is 5. The molecule has 0 saturated heterocycles. The van der Waals surface area contributed by atoms with Gasteiger partial charge in [0.2, 0.25) is 0 Å². The fourth-order valence-corrected chi connectivity index (χ4v) is 1.90. The normalized spacial score (nSPS) is 11.1. The molecule has 0 aromatic heterocycles. The van der Waals surface area contributed by atoms with Gasteiger partial charge in [-0.15, -0.1) is 0 Å². The Labute approximate surface area is 119 Å². The Morgan fingerprint density at radius 1 is 1.45 bits per heavy atom. The molecule has 1 aromatic carbocycles. The maximum Gasteiger partial charge on any atom is 0.270 e. The van der Waals surface area contributed by atoms with E-state index in [9.17, 15) is 10.1 Å². The van der Waals surface area contributed by atoms with Gasteiger partial charge in [0.05, 0.1) is 17.6 Å². The van der Waals surface area contributed by atoms with Crippen molar-refractivity contribution in [3.8, 4) is 5.75 Å². The minimum absolute atomic E-state index is 0.00289. The second-order valence-electron chi connectivity index (χ2n) is 4.81. The molecule has 112 valence electrons. The number of ether oxygens (including phenoxy) is 1. The number of aliphatic hydroxyl groups is 1. The summed E-state index contributed by atoms with van der Waals surface area (Å²) in [6.45, 7) is 7.66. The summed E-state index contributed by atoms with van der Waals surface area (Å²) in [5, 5.41) is 19.9. The summed E-state index contributed by atoms with van der Waals surface area (Å²) in [6.07, 6.45) is 0.00289. The first-order valence-electron chi connectivity index (χ1n) is 6.75. The highest BCUT2D eigenvalue weighted by molar-refractivity contribution is 5.43. The number of nitro groups is 1. The van der Waals surface area contributed by atoms with Crippen molar-refractivity contribution < 1.29 is 14.8 Å². The lowest BCUT2D eigenvalue weighted by Crippen LogP contribution is -2.26. The zero-order chi connectivity index (χ0) is 15.1. The molecule has 0 radical (unpaired) electrons. The molecule has 6 heteroatoms. The lowest BCUT2D eigenvalue weighted by Gasteiger charge is -2.21. The van der Waals surface area contributed by atoms with Crippen molar-refractivity contribution in [3.05, 3.63) is 33.9 Å². The standard InChI is InChI=1S/C14H22N2O4/c1-4-15(7-8-17)10-12-9-13(16(18)19)5-6-14(12)20-11(2)3/h5-6,9,11,17H,4,7-8,10H2,1-3H3. The van der Waals surface area contributed by atoms with E-state index >= 15 is 0 Å². The molecule has 0 aliphatic heterocycles. The average Bonchev–Trinajstić information content (AvgIpc) is 2.39. The van der Waals surface area contributed by atoms with Crippen molar-refractivity contribution in [1.82, 2.24) is 4.90 Å². The molecular weight excluding hydrogens is 260 g/mol. The van der Waals surface area contributed by atoms with E-state index in [-0.39, 0.29) is 18.4 Å². The van der Waals surface area contributed by atoms with Gasteiger partial charge in [-0.05, 0) is 26.5 Å². The van der Waals surface area contributed by atoms with E-state index < -0.39 is 4.92 Å². The van der Waals surface area contributed by atoms with Crippen LogP contribution in [0.5, 0.6) is 5.75 Å². The number of nitro benzene ring substituents is 1. The molecule has 20 heavy (non-hydrogen) atoms. The molecule has 0 heterocycles. The topological polar surface area (TPSA) is 75.8 Å². The molecule has 0 spiro atoms. The van der Waals surface area contributed by atoms with E-state index in [0.29, 0.717) is 18.8 Å². The Kier molecular flexibility index (Phi) is 6.41. The number of likely N-dealkylation sites (N-methyl/N-ethyl adjacent to an activating group) is 1. The Balaban J connectivity index is 3.03. The summed E-state index contributed by atoms with van der Waals surface area (Å²) in [6, 6.07) is 4.63. The van der Waals surface area contributed by atoms with Gasteiger partial charge in [0.1, 0.15) is 5.75 Å². The zero-order valence-corrected chi connectivity index (χ0v) is 12.2. The lowest BCUT2D eigenvalue weighted by molar-refractivity contribution is -0.385. The van der Waals surface area contributed by atoms with E-state index in [1.165, 1.54) is 12.1 Å². The van der Waals surface area contributed by atoms with E-state index in [1.54, 1.807) is 6.07 Å². The van der Waals surface area contributed by atoms with E-state index in [0.717, 1.165) is 12.1 Å². The minimum Gasteiger partial charge on any atom is -0.491 e. The van der Waals surface area contributed by atoms with Gasteiger partial charge in [0.25, 0.3) is 5.69 Å². The summed E-state index contributed by atoms with van der Waals surface area (Å²) in [5.74, 6) is 0.655. The average molecular weight is 282 g/mol. The first kappa shape index (κ1) is 16.4. The van der Waals surface area contributed by atoms with Gasteiger partial charge in [-0.25, -0.2) is 0 Å². The third-order valence-electron chi connectivity index (χ3n) is 2.87. The molecule has 0 bridgehead atoms. The van der Waals surface area contributed by atoms with Gasteiger partial charge in [0.15, 0.2) is 0 Å². The summed E-state index contributed by atoms with van der Waals surface area (Å²) < 4.78 is 5.69. The van der Waals surface area contributed by atoms with E-state index in [1.807, 2.05) is 25.7 Å². The van der Waals surface area contributed by atoms with Crippen LogP contribution in [0, 0.1) is 10.1 Å². The highest BCUT2D eigenvalue weighted by Gasteiger charge is 2.15. The second-order valence-corrected chi connectivity index (χ2v) is 4.81. The number of nitrogens with zero attached hydrogens (tertiary/aromatic N) is 2. The Morgan fingerprint density at radius 3 is 2.65 bits per heavy atom. The highest BCUT2D eigenvalue weighted by atomic mass is 16.6. The van der Waals surface area contributed by atoms with Crippen molar-refractivity contribution in [2.45, 2.75) is 33.4 Å². The predicted octanol–water partition coefficient (Wildman–Crippen LogP) is 2.20. The number of benzene rings is 1. The van der Waals surface area contributed by atoms with Crippen LogP contribution in [-0.4, -0.2) is 40.7 Å². The van der Waals surface area contributed by atoms with E-state index in [4.69, 9.17) is 9.84 Å². The maximum atomic E-state index is 10.9. The molecule has 1 rings (SSSR count). The first-order chi connectivity index (χ1) is 9.47. The van der Waals surface area contributed by atoms with Gasteiger partial charge >= 0.3 is 0 Å². The first-order valence-corrected chi connectivity index (χ1v) is 6.75. The number of non-ortho nitro benzene ring substituents is 1. The van der Waals surface area contributed by atoms with Gasteiger partial charge in [-0.3, -0.25) is 15.0 Å². The van der Waals surface area contributed by atoms with Crippen LogP contribution < -0.4 is 4.74 Å². The number of rotatable bonds is 8. The van der Waals surface area contributed by atoms with Crippen LogP contribution in [0.1, 0.15) is 26.3 Å². The van der Waals surface area contributed by atoms with Gasteiger partial charge < -0.3 is 9.84 Å². The molecule has 0 aliphatic carbocycles. The third-order valence-corrected chi connectivity index (χ3v) is 2.87. The molecule has 0 unspecified atom stereocenters. The molecule has 0 saturated carbocycles. The SMILES string of the molecule is CCN(CCO)Cc1cc([N+](=O)[O-])ccc1OC(C)C. The van der Waals surface area contributed by atoms with Gasteiger partial charge in [-0.2, -0.15) is 0 Å². The van der Waals surface area contributed by atoms with Crippen LogP contribution in [0.4, 0.5) is 5.69 Å². The van der Waals surface area contributed by atoms with Crippen LogP contribution in [0.3, 0.4) is 0 Å².